The first-order chi connectivity index (χ1) is 34.0. The molecule has 10 fully saturated rings. The van der Waals surface area contributed by atoms with Crippen LogP contribution in [0.2, 0.25) is 0 Å². The molecule has 5 atom stereocenters. The Kier molecular flexibility index (Phi) is 31.0. The summed E-state index contributed by atoms with van der Waals surface area (Å²) in [5, 5.41) is 0. The maximum absolute atomic E-state index is 12.3. The fraction of sp³-hybridized carbons (Fsp3) is 0.905. The maximum Gasteiger partial charge on any atom is 0.332 e. The Balaban J connectivity index is 0.00000110. The number of ether oxygens (including phenoxy) is 9. The van der Waals surface area contributed by atoms with E-state index in [1.54, 1.807) is 0 Å². The van der Waals surface area contributed by atoms with Crippen molar-refractivity contribution in [3.8, 4) is 0 Å². The first kappa shape index (κ1) is 74.7. The predicted molar refractivity (Wildman–Crippen MR) is 307 cm³/mol. The van der Waals surface area contributed by atoms with Crippen molar-refractivity contribution in [2.24, 2.45) is 81.8 Å². The summed E-state index contributed by atoms with van der Waals surface area (Å²) in [7, 11) is 1.49. The first-order valence-electron chi connectivity index (χ1n) is 27.8. The van der Waals surface area contributed by atoms with Gasteiger partial charge in [0.05, 0.1) is 35.9 Å². The second-order valence-electron chi connectivity index (χ2n) is 24.8. The molecule has 458 valence electrons. The van der Waals surface area contributed by atoms with Gasteiger partial charge in [0.1, 0.15) is 43.7 Å². The van der Waals surface area contributed by atoms with Gasteiger partial charge in [-0.1, -0.05) is 72.3 Å². The minimum Gasteiger partial charge on any atom is -0.463 e. The van der Waals surface area contributed by atoms with E-state index >= 15 is 0 Å². The van der Waals surface area contributed by atoms with E-state index < -0.39 is 10.8 Å². The molecule has 15 nitrogen and oxygen atoms in total. The lowest BCUT2D eigenvalue weighted by molar-refractivity contribution is -0.207. The highest BCUT2D eigenvalue weighted by Crippen LogP contribution is 2.61. The van der Waals surface area contributed by atoms with Crippen molar-refractivity contribution in [1.82, 2.24) is 0 Å². The number of rotatable bonds is 22. The summed E-state index contributed by atoms with van der Waals surface area (Å²) in [6.45, 7) is 20.1. The SMILES string of the molecule is C.C.C.C.C.C.CCC(C)(C)C(=O)OC1CC2CC(C(=O)OCOC)C1C2.CCC(C)(C)C(=O)OCCOCC(=O)OC1(C)C2CC3CC(C2)CC1C3.CCC(C)C(=O)OCCOCC(=O)OC1(C)C2CC3CC(C2)CC1C3. The lowest BCUT2D eigenvalue weighted by atomic mass is 9.50. The average Bonchev–Trinajstić information content (AvgIpc) is 3.95. The molecule has 5 unspecified atom stereocenters. The van der Waals surface area contributed by atoms with E-state index in [9.17, 15) is 28.8 Å². The summed E-state index contributed by atoms with van der Waals surface area (Å²) in [6.07, 6.45) is 17.2. The molecule has 78 heavy (non-hydrogen) atoms. The zero-order valence-electron chi connectivity index (χ0n) is 45.9. The van der Waals surface area contributed by atoms with Crippen LogP contribution in [0.4, 0.5) is 0 Å². The van der Waals surface area contributed by atoms with Crippen LogP contribution in [0.1, 0.15) is 217 Å². The van der Waals surface area contributed by atoms with Crippen LogP contribution in [0.25, 0.3) is 0 Å². The van der Waals surface area contributed by atoms with Crippen LogP contribution < -0.4 is 0 Å². The molecular weight excluding hydrogens is 997 g/mol. The lowest BCUT2D eigenvalue weighted by Crippen LogP contribution is -2.58. The third-order valence-corrected chi connectivity index (χ3v) is 19.1. The standard InChI is InChI=1S/C21H34O5.C20H32O5.C16H26O5.6CH4/c1-5-20(2,3)19(23)25-7-6-24-13-18(22)26-21(4)16-9-14-8-15(11-16)12-17(21)10-14;1-4-13(2)19(22)24-6-5-23-12-18(21)25-20(3)16-8-14-7-15(10-16)11-17(20)9-14;1-5-16(2,3)15(18)21-13-8-10-6-11(13)12(7-10)14(17)20-9-19-4;;;;;;/h14-17H,5-13H2,1-4H3;13-17H,4-12H2,1-3H3;10-13H,5-9H2,1-4H3;6*1H4. The molecule has 0 N–H and O–H groups in total. The van der Waals surface area contributed by atoms with Crippen LogP contribution in [-0.4, -0.2) is 107 Å². The minimum absolute atomic E-state index is 0. The van der Waals surface area contributed by atoms with Gasteiger partial charge >= 0.3 is 35.8 Å². The number of hydrogen-bond acceptors (Lipinski definition) is 15. The number of esters is 6. The van der Waals surface area contributed by atoms with Gasteiger partial charge in [-0.15, -0.1) is 0 Å². The van der Waals surface area contributed by atoms with Crippen molar-refractivity contribution in [1.29, 1.82) is 0 Å². The Morgan fingerprint density at radius 3 is 1.29 bits per heavy atom. The molecule has 10 aliphatic rings. The van der Waals surface area contributed by atoms with Crippen LogP contribution in [0, 0.1) is 81.8 Å². The summed E-state index contributed by atoms with van der Waals surface area (Å²) in [5.74, 6) is 4.39. The number of carbonyl (C=O) groups excluding carboxylic acids is 6. The van der Waals surface area contributed by atoms with Gasteiger partial charge in [0, 0.05) is 13.0 Å². The van der Waals surface area contributed by atoms with Crippen molar-refractivity contribution >= 4 is 35.8 Å². The van der Waals surface area contributed by atoms with Gasteiger partial charge in [-0.3, -0.25) is 19.2 Å². The summed E-state index contributed by atoms with van der Waals surface area (Å²) in [4.78, 5) is 72.2. The van der Waals surface area contributed by atoms with Crippen molar-refractivity contribution in [2.75, 3.05) is 53.5 Å². The second kappa shape index (κ2) is 32.4. The average molecular weight is 1110 g/mol. The molecule has 0 heterocycles. The van der Waals surface area contributed by atoms with Gasteiger partial charge in [-0.05, 0) is 198 Å². The van der Waals surface area contributed by atoms with Crippen molar-refractivity contribution in [3.63, 3.8) is 0 Å². The fourth-order valence-electron chi connectivity index (χ4n) is 13.8. The minimum atomic E-state index is -0.479. The van der Waals surface area contributed by atoms with Crippen molar-refractivity contribution < 1.29 is 71.4 Å². The van der Waals surface area contributed by atoms with Crippen LogP contribution in [0.15, 0.2) is 0 Å². The molecule has 10 bridgehead atoms. The fourth-order valence-corrected chi connectivity index (χ4v) is 13.8. The van der Waals surface area contributed by atoms with Crippen LogP contribution in [0.3, 0.4) is 0 Å². The molecule has 0 spiro atoms. The molecular formula is C63H116O15. The van der Waals surface area contributed by atoms with Crippen LogP contribution >= 0.6 is 0 Å². The van der Waals surface area contributed by atoms with Crippen molar-refractivity contribution in [3.05, 3.63) is 0 Å². The quantitative estimate of drug-likeness (QED) is 0.0431. The number of methoxy groups -OCH3 is 1. The molecule has 0 aliphatic heterocycles. The Hall–Kier alpha value is -3.30. The third-order valence-electron chi connectivity index (χ3n) is 19.1. The topological polar surface area (TPSA) is 185 Å². The zero-order valence-corrected chi connectivity index (χ0v) is 45.9. The zero-order chi connectivity index (χ0) is 52.6. The summed E-state index contributed by atoms with van der Waals surface area (Å²) >= 11 is 0. The maximum atomic E-state index is 12.3. The van der Waals surface area contributed by atoms with Gasteiger partial charge in [0.25, 0.3) is 0 Å². The molecule has 10 rings (SSSR count). The van der Waals surface area contributed by atoms with E-state index in [-0.39, 0.29) is 162 Å². The highest BCUT2D eigenvalue weighted by molar-refractivity contribution is 5.77. The van der Waals surface area contributed by atoms with E-state index in [4.69, 9.17) is 42.6 Å². The van der Waals surface area contributed by atoms with E-state index in [0.717, 1.165) is 62.2 Å². The highest BCUT2D eigenvalue weighted by atomic mass is 16.7. The van der Waals surface area contributed by atoms with Gasteiger partial charge in [-0.25, -0.2) is 9.59 Å². The predicted octanol–water partition coefficient (Wildman–Crippen LogP) is 13.4. The molecule has 15 heteroatoms. The smallest absolute Gasteiger partial charge is 0.332 e. The molecule has 0 aromatic carbocycles. The van der Waals surface area contributed by atoms with E-state index in [1.807, 2.05) is 55.4 Å². The van der Waals surface area contributed by atoms with E-state index in [2.05, 4.69) is 13.8 Å². The second-order valence-corrected chi connectivity index (χ2v) is 24.8. The summed E-state index contributed by atoms with van der Waals surface area (Å²) in [6, 6.07) is 0. The lowest BCUT2D eigenvalue weighted by Gasteiger charge is -2.59. The van der Waals surface area contributed by atoms with E-state index in [1.165, 1.54) is 71.3 Å². The van der Waals surface area contributed by atoms with Gasteiger partial charge < -0.3 is 42.6 Å². The molecule has 0 amide bonds. The molecule has 0 radical (unpaired) electrons. The summed E-state index contributed by atoms with van der Waals surface area (Å²) in [5.41, 5.74) is -1.57. The number of fused-ring (bicyclic) bond motifs is 2. The largest absolute Gasteiger partial charge is 0.463 e. The van der Waals surface area contributed by atoms with Gasteiger partial charge in [0.15, 0.2) is 6.79 Å². The van der Waals surface area contributed by atoms with Crippen LogP contribution in [-0.2, 0) is 71.4 Å². The molecule has 0 aromatic rings. The monoisotopic (exact) mass is 1110 g/mol. The number of hydrogen-bond donors (Lipinski definition) is 0. The van der Waals surface area contributed by atoms with Gasteiger partial charge in [-0.2, -0.15) is 0 Å². The Bertz CT molecular complexity index is 1800. The first-order valence-corrected chi connectivity index (χ1v) is 27.8. The normalized spacial score (nSPS) is 32.0. The summed E-state index contributed by atoms with van der Waals surface area (Å²) < 4.78 is 48.5. The Labute approximate surface area is 474 Å². The molecule has 0 aromatic heterocycles. The van der Waals surface area contributed by atoms with Crippen LogP contribution in [0.5, 0.6) is 0 Å². The molecule has 0 saturated heterocycles. The molecule has 10 aliphatic carbocycles. The Morgan fingerprint density at radius 1 is 0.513 bits per heavy atom. The number of carbonyl (C=O) groups is 6. The highest BCUT2D eigenvalue weighted by Gasteiger charge is 2.58. The Morgan fingerprint density at radius 2 is 0.910 bits per heavy atom. The van der Waals surface area contributed by atoms with E-state index in [0.29, 0.717) is 29.6 Å². The van der Waals surface area contributed by atoms with Crippen molar-refractivity contribution in [2.45, 2.75) is 234 Å². The molecule has 10 saturated carbocycles. The van der Waals surface area contributed by atoms with Gasteiger partial charge in [0.2, 0.25) is 0 Å². The third kappa shape index (κ3) is 18.4.